The highest BCUT2D eigenvalue weighted by Crippen LogP contribution is 2.20. The standard InChI is InChI=1S/C17H19ClFNO2S/c1-2-22-17(21)14-11-23-15(20-14)10-5-3-4-7-12-8-6-9-13(18)16(12)19/h6,8-9,11H,2-5,7,10H2,1H3. The number of nitrogens with zero attached hydrogens (tertiary/aromatic N) is 1. The van der Waals surface area contributed by atoms with Gasteiger partial charge in [0, 0.05) is 5.38 Å². The number of unbranched alkanes of at least 4 members (excludes halogenated alkanes) is 2. The van der Waals surface area contributed by atoms with Crippen molar-refractivity contribution >= 4 is 28.9 Å². The zero-order chi connectivity index (χ0) is 16.7. The van der Waals surface area contributed by atoms with Gasteiger partial charge in [-0.25, -0.2) is 14.2 Å². The van der Waals surface area contributed by atoms with Crippen LogP contribution in [0, 0.1) is 5.82 Å². The SMILES string of the molecule is CCOC(=O)c1csc(CCCCCc2cccc(Cl)c2F)n1. The van der Waals surface area contributed by atoms with E-state index in [1.54, 1.807) is 30.5 Å². The van der Waals surface area contributed by atoms with Gasteiger partial charge in [-0.05, 0) is 44.2 Å². The number of hydrogen-bond acceptors (Lipinski definition) is 4. The number of thiazole rings is 1. The number of benzene rings is 1. The Bertz CT molecular complexity index is 660. The van der Waals surface area contributed by atoms with Crippen molar-refractivity contribution in [2.75, 3.05) is 6.61 Å². The zero-order valence-electron chi connectivity index (χ0n) is 13.0. The van der Waals surface area contributed by atoms with E-state index >= 15 is 0 Å². The molecule has 3 nitrogen and oxygen atoms in total. The van der Waals surface area contributed by atoms with E-state index in [-0.39, 0.29) is 16.8 Å². The molecule has 0 bridgehead atoms. The van der Waals surface area contributed by atoms with Crippen molar-refractivity contribution < 1.29 is 13.9 Å². The minimum atomic E-state index is -0.369. The maximum Gasteiger partial charge on any atom is 0.357 e. The van der Waals surface area contributed by atoms with Crippen LogP contribution in [0.2, 0.25) is 5.02 Å². The van der Waals surface area contributed by atoms with Gasteiger partial charge in [-0.3, -0.25) is 0 Å². The molecule has 124 valence electrons. The fourth-order valence-corrected chi connectivity index (χ4v) is 3.24. The van der Waals surface area contributed by atoms with Crippen molar-refractivity contribution in [2.45, 2.75) is 39.0 Å². The van der Waals surface area contributed by atoms with Crippen LogP contribution in [0.15, 0.2) is 23.6 Å². The molecule has 0 aliphatic carbocycles. The smallest absolute Gasteiger partial charge is 0.357 e. The number of hydrogen-bond donors (Lipinski definition) is 0. The Balaban J connectivity index is 1.71. The van der Waals surface area contributed by atoms with Gasteiger partial charge >= 0.3 is 5.97 Å². The van der Waals surface area contributed by atoms with Gasteiger partial charge in [0.05, 0.1) is 16.6 Å². The second-order valence-corrected chi connectivity index (χ2v) is 6.47. The fraction of sp³-hybridized carbons (Fsp3) is 0.412. The first-order valence-corrected chi connectivity index (χ1v) is 8.92. The van der Waals surface area contributed by atoms with Gasteiger partial charge in [-0.1, -0.05) is 30.2 Å². The Morgan fingerprint density at radius 1 is 1.30 bits per heavy atom. The second-order valence-electron chi connectivity index (χ2n) is 5.12. The summed E-state index contributed by atoms with van der Waals surface area (Å²) >= 11 is 7.24. The van der Waals surface area contributed by atoms with Crippen LogP contribution in [0.4, 0.5) is 4.39 Å². The topological polar surface area (TPSA) is 39.2 Å². The molecule has 0 aliphatic heterocycles. The van der Waals surface area contributed by atoms with Crippen molar-refractivity contribution in [1.82, 2.24) is 4.98 Å². The molecule has 1 aromatic heterocycles. The Labute approximate surface area is 144 Å². The normalized spacial score (nSPS) is 10.7. The molecule has 0 N–H and O–H groups in total. The predicted molar refractivity (Wildman–Crippen MR) is 90.7 cm³/mol. The first kappa shape index (κ1) is 17.9. The molecule has 0 saturated carbocycles. The molecular formula is C17H19ClFNO2S. The van der Waals surface area contributed by atoms with Gasteiger partial charge in [0.15, 0.2) is 5.69 Å². The summed E-state index contributed by atoms with van der Waals surface area (Å²) < 4.78 is 18.6. The van der Waals surface area contributed by atoms with Gasteiger partial charge in [-0.2, -0.15) is 0 Å². The quantitative estimate of drug-likeness (QED) is 0.490. The molecular weight excluding hydrogens is 337 g/mol. The number of halogens is 2. The number of carbonyl (C=O) groups is 1. The van der Waals surface area contributed by atoms with E-state index in [1.807, 2.05) is 0 Å². The molecule has 0 saturated heterocycles. The van der Waals surface area contributed by atoms with Crippen molar-refractivity contribution in [3.05, 3.63) is 50.7 Å². The fourth-order valence-electron chi connectivity index (χ4n) is 2.23. The van der Waals surface area contributed by atoms with Gasteiger partial charge in [0.1, 0.15) is 5.82 Å². The average Bonchev–Trinajstić information content (AvgIpc) is 3.00. The average molecular weight is 356 g/mol. The predicted octanol–water partition coefficient (Wildman–Crippen LogP) is 5.07. The lowest BCUT2D eigenvalue weighted by atomic mass is 10.1. The lowest BCUT2D eigenvalue weighted by Gasteiger charge is -2.04. The summed E-state index contributed by atoms with van der Waals surface area (Å²) in [4.78, 5) is 15.8. The molecule has 2 rings (SSSR count). The van der Waals surface area contributed by atoms with Crippen LogP contribution in [0.5, 0.6) is 0 Å². The number of rotatable bonds is 8. The van der Waals surface area contributed by atoms with E-state index < -0.39 is 0 Å². The summed E-state index contributed by atoms with van der Waals surface area (Å²) in [6, 6.07) is 5.10. The highest BCUT2D eigenvalue weighted by atomic mass is 35.5. The van der Waals surface area contributed by atoms with Crippen LogP contribution in [0.1, 0.15) is 47.2 Å². The summed E-state index contributed by atoms with van der Waals surface area (Å²) in [5.41, 5.74) is 1.05. The van der Waals surface area contributed by atoms with Crippen molar-refractivity contribution in [2.24, 2.45) is 0 Å². The number of ether oxygens (including phenoxy) is 1. The molecule has 2 aromatic rings. The van der Waals surface area contributed by atoms with Crippen LogP contribution in [-0.2, 0) is 17.6 Å². The first-order valence-electron chi connectivity index (χ1n) is 7.66. The minimum Gasteiger partial charge on any atom is -0.461 e. The third-order valence-corrected chi connectivity index (χ3v) is 4.61. The lowest BCUT2D eigenvalue weighted by molar-refractivity contribution is 0.0520. The molecule has 23 heavy (non-hydrogen) atoms. The van der Waals surface area contributed by atoms with E-state index in [2.05, 4.69) is 4.98 Å². The van der Waals surface area contributed by atoms with E-state index in [9.17, 15) is 9.18 Å². The maximum absolute atomic E-state index is 13.7. The molecule has 0 atom stereocenters. The summed E-state index contributed by atoms with van der Waals surface area (Å²) in [6.45, 7) is 2.12. The Kier molecular flexibility index (Phi) is 6.99. The Hall–Kier alpha value is -1.46. The molecule has 1 aromatic carbocycles. The van der Waals surface area contributed by atoms with Crippen LogP contribution in [-0.4, -0.2) is 17.6 Å². The largest absolute Gasteiger partial charge is 0.461 e. The van der Waals surface area contributed by atoms with E-state index in [1.165, 1.54) is 11.3 Å². The number of aryl methyl sites for hydroxylation is 2. The van der Waals surface area contributed by atoms with Crippen molar-refractivity contribution in [3.8, 4) is 0 Å². The third kappa shape index (κ3) is 5.29. The molecule has 0 amide bonds. The molecule has 6 heteroatoms. The van der Waals surface area contributed by atoms with Gasteiger partial charge in [-0.15, -0.1) is 11.3 Å². The van der Waals surface area contributed by atoms with E-state index in [4.69, 9.17) is 16.3 Å². The zero-order valence-corrected chi connectivity index (χ0v) is 14.6. The number of aromatic nitrogens is 1. The molecule has 0 unspecified atom stereocenters. The molecule has 1 heterocycles. The molecule has 0 spiro atoms. The monoisotopic (exact) mass is 355 g/mol. The summed E-state index contributed by atoms with van der Waals surface area (Å²) in [6.07, 6.45) is 4.33. The third-order valence-electron chi connectivity index (χ3n) is 3.40. The minimum absolute atomic E-state index is 0.178. The van der Waals surface area contributed by atoms with Crippen molar-refractivity contribution in [3.63, 3.8) is 0 Å². The first-order chi connectivity index (χ1) is 11.1. The summed E-state index contributed by atoms with van der Waals surface area (Å²) in [5.74, 6) is -0.681. The van der Waals surface area contributed by atoms with Crippen LogP contribution in [0.25, 0.3) is 0 Å². The highest BCUT2D eigenvalue weighted by molar-refractivity contribution is 7.09. The van der Waals surface area contributed by atoms with Gasteiger partial charge in [0.25, 0.3) is 0 Å². The van der Waals surface area contributed by atoms with Crippen molar-refractivity contribution in [1.29, 1.82) is 0 Å². The number of esters is 1. The molecule has 0 fully saturated rings. The second kappa shape index (κ2) is 8.99. The van der Waals surface area contributed by atoms with E-state index in [0.717, 1.165) is 30.7 Å². The lowest BCUT2D eigenvalue weighted by Crippen LogP contribution is -2.05. The van der Waals surface area contributed by atoms with Gasteiger partial charge in [0.2, 0.25) is 0 Å². The summed E-state index contributed by atoms with van der Waals surface area (Å²) in [7, 11) is 0. The van der Waals surface area contributed by atoms with Crippen LogP contribution >= 0.6 is 22.9 Å². The van der Waals surface area contributed by atoms with Crippen LogP contribution in [0.3, 0.4) is 0 Å². The highest BCUT2D eigenvalue weighted by Gasteiger charge is 2.11. The molecule has 0 radical (unpaired) electrons. The van der Waals surface area contributed by atoms with E-state index in [0.29, 0.717) is 24.3 Å². The maximum atomic E-state index is 13.7. The Morgan fingerprint density at radius 2 is 2.09 bits per heavy atom. The summed E-state index contributed by atoms with van der Waals surface area (Å²) in [5, 5.41) is 2.84. The molecule has 0 aliphatic rings. The number of carbonyl (C=O) groups excluding carboxylic acids is 1. The van der Waals surface area contributed by atoms with Gasteiger partial charge < -0.3 is 4.74 Å². The Morgan fingerprint density at radius 3 is 2.87 bits per heavy atom. The van der Waals surface area contributed by atoms with Crippen LogP contribution < -0.4 is 0 Å².